The average Bonchev–Trinajstić information content (AvgIpc) is 3.63. The molecule has 3 N–H and O–H groups in total. The van der Waals surface area contributed by atoms with Crippen LogP contribution in [-0.2, 0) is 12.0 Å². The van der Waals surface area contributed by atoms with Crippen LogP contribution in [0.4, 0.5) is 10.5 Å². The maximum atomic E-state index is 13.3. The van der Waals surface area contributed by atoms with Gasteiger partial charge in [-0.2, -0.15) is 9.78 Å². The number of phenolic OH excluding ortho intramolecular Hbond substituents is 1. The second-order valence-electron chi connectivity index (χ2n) is 11.6. The molecule has 0 unspecified atom stereocenters. The summed E-state index contributed by atoms with van der Waals surface area (Å²) in [5.41, 5.74) is 4.75. The standard InChI is InChI=1S/C33H35ClN4O3/c1-33(2,3)24-14-12-22(13-15-24)31(40)36-25-16-17-26(30(39)18-25)28-19-29(21-8-4-5-9-21)38(37-28)32(41)35-20-23-10-6-7-11-27(23)34/h6-7,10-19,21,39H,4-5,8-9,20H2,1-3H3,(H,35,41)(H,36,40). The van der Waals surface area contributed by atoms with E-state index < -0.39 is 0 Å². The number of nitrogens with one attached hydrogen (secondary N) is 2. The number of hydrogen-bond donors (Lipinski definition) is 3. The Balaban J connectivity index is 1.35. The first kappa shape index (κ1) is 28.4. The highest BCUT2D eigenvalue weighted by Crippen LogP contribution is 2.38. The minimum atomic E-state index is -0.348. The largest absolute Gasteiger partial charge is 0.507 e. The Hall–Kier alpha value is -4.10. The number of halogens is 1. The van der Waals surface area contributed by atoms with E-state index in [4.69, 9.17) is 11.6 Å². The SMILES string of the molecule is CC(C)(C)c1ccc(C(=O)Nc2ccc(-c3cc(C4CCCC4)n(C(=O)NCc4ccccc4Cl)n3)c(O)c2)cc1. The molecule has 1 aliphatic rings. The maximum Gasteiger partial charge on any atom is 0.342 e. The lowest BCUT2D eigenvalue weighted by atomic mass is 9.87. The van der Waals surface area contributed by atoms with Crippen LogP contribution >= 0.6 is 11.6 Å². The number of benzene rings is 3. The van der Waals surface area contributed by atoms with Crippen LogP contribution in [-0.4, -0.2) is 26.8 Å². The van der Waals surface area contributed by atoms with Crippen LogP contribution in [0.3, 0.4) is 0 Å². The van der Waals surface area contributed by atoms with Gasteiger partial charge in [-0.1, -0.05) is 75.5 Å². The van der Waals surface area contributed by atoms with Crippen LogP contribution in [0.2, 0.25) is 5.02 Å². The van der Waals surface area contributed by atoms with Crippen molar-refractivity contribution >= 4 is 29.2 Å². The molecule has 4 aromatic rings. The Morgan fingerprint density at radius 3 is 2.37 bits per heavy atom. The summed E-state index contributed by atoms with van der Waals surface area (Å²) in [5, 5.41) is 21.9. The normalized spacial score (nSPS) is 13.8. The third-order valence-corrected chi connectivity index (χ3v) is 8.00. The summed E-state index contributed by atoms with van der Waals surface area (Å²) in [6, 6.07) is 21.4. The second-order valence-corrected chi connectivity index (χ2v) is 12.0. The summed E-state index contributed by atoms with van der Waals surface area (Å²) in [6.45, 7) is 6.65. The van der Waals surface area contributed by atoms with Crippen molar-refractivity contribution < 1.29 is 14.7 Å². The molecule has 0 saturated heterocycles. The van der Waals surface area contributed by atoms with Gasteiger partial charge in [0.2, 0.25) is 0 Å². The third kappa shape index (κ3) is 6.46. The molecule has 0 radical (unpaired) electrons. The van der Waals surface area contributed by atoms with Crippen LogP contribution in [0.1, 0.15) is 79.6 Å². The predicted octanol–water partition coefficient (Wildman–Crippen LogP) is 7.87. The van der Waals surface area contributed by atoms with Crippen LogP contribution in [0.5, 0.6) is 5.75 Å². The van der Waals surface area contributed by atoms with Crippen molar-refractivity contribution in [2.75, 3.05) is 5.32 Å². The molecule has 2 amide bonds. The van der Waals surface area contributed by atoms with Crippen molar-refractivity contribution in [3.63, 3.8) is 0 Å². The summed E-state index contributed by atoms with van der Waals surface area (Å²) in [6.07, 6.45) is 4.17. The Labute approximate surface area is 245 Å². The fourth-order valence-electron chi connectivity index (χ4n) is 5.24. The molecule has 7 nitrogen and oxygen atoms in total. The van der Waals surface area contributed by atoms with Crippen molar-refractivity contribution in [3.05, 3.63) is 100 Å². The van der Waals surface area contributed by atoms with Gasteiger partial charge in [-0.05, 0) is 65.8 Å². The first-order chi connectivity index (χ1) is 19.6. The molecule has 1 saturated carbocycles. The van der Waals surface area contributed by atoms with Crippen LogP contribution in [0.25, 0.3) is 11.3 Å². The summed E-state index contributed by atoms with van der Waals surface area (Å²) in [5.74, 6) is -0.0849. The monoisotopic (exact) mass is 570 g/mol. The number of phenols is 1. The number of aromatic nitrogens is 2. The van der Waals surface area contributed by atoms with E-state index in [2.05, 4.69) is 36.5 Å². The molecule has 3 aromatic carbocycles. The van der Waals surface area contributed by atoms with Crippen molar-refractivity contribution in [2.45, 2.75) is 64.3 Å². The van der Waals surface area contributed by atoms with E-state index in [0.717, 1.165) is 42.5 Å². The van der Waals surface area contributed by atoms with E-state index in [9.17, 15) is 14.7 Å². The fourth-order valence-corrected chi connectivity index (χ4v) is 5.44. The fraction of sp³-hybridized carbons (Fsp3) is 0.303. The summed E-state index contributed by atoms with van der Waals surface area (Å²) >= 11 is 6.26. The zero-order valence-corrected chi connectivity index (χ0v) is 24.3. The molecule has 1 heterocycles. The van der Waals surface area contributed by atoms with E-state index >= 15 is 0 Å². The second kappa shape index (κ2) is 11.8. The number of carbonyl (C=O) groups excluding carboxylic acids is 2. The number of aromatic hydroxyl groups is 1. The van der Waals surface area contributed by atoms with Crippen molar-refractivity contribution in [3.8, 4) is 17.0 Å². The number of amides is 2. The van der Waals surface area contributed by atoms with Crippen molar-refractivity contribution in [2.24, 2.45) is 0 Å². The number of hydrogen-bond acceptors (Lipinski definition) is 4. The molecule has 0 bridgehead atoms. The maximum absolute atomic E-state index is 13.3. The van der Waals surface area contributed by atoms with E-state index in [1.54, 1.807) is 30.3 Å². The Morgan fingerprint density at radius 1 is 1.00 bits per heavy atom. The summed E-state index contributed by atoms with van der Waals surface area (Å²) < 4.78 is 1.42. The molecule has 1 aromatic heterocycles. The first-order valence-electron chi connectivity index (χ1n) is 14.0. The number of nitrogens with zero attached hydrogens (tertiary/aromatic N) is 2. The quantitative estimate of drug-likeness (QED) is 0.220. The number of rotatable bonds is 6. The van der Waals surface area contributed by atoms with Crippen LogP contribution in [0, 0.1) is 0 Å². The Bertz CT molecular complexity index is 1560. The van der Waals surface area contributed by atoms with Gasteiger partial charge in [0.25, 0.3) is 5.91 Å². The van der Waals surface area contributed by atoms with Gasteiger partial charge >= 0.3 is 6.03 Å². The van der Waals surface area contributed by atoms with Gasteiger partial charge in [-0.15, -0.1) is 0 Å². The zero-order valence-electron chi connectivity index (χ0n) is 23.6. The van der Waals surface area contributed by atoms with Gasteiger partial charge in [0.15, 0.2) is 0 Å². The molecule has 8 heteroatoms. The molecule has 5 rings (SSSR count). The minimum Gasteiger partial charge on any atom is -0.507 e. The average molecular weight is 571 g/mol. The first-order valence-corrected chi connectivity index (χ1v) is 14.3. The van der Waals surface area contributed by atoms with E-state index in [1.807, 2.05) is 36.4 Å². The zero-order chi connectivity index (χ0) is 29.1. The number of carbonyl (C=O) groups is 2. The lowest BCUT2D eigenvalue weighted by molar-refractivity contribution is 0.102. The van der Waals surface area contributed by atoms with Crippen LogP contribution < -0.4 is 10.6 Å². The van der Waals surface area contributed by atoms with Gasteiger partial charge in [0.05, 0.1) is 11.4 Å². The van der Waals surface area contributed by atoms with Crippen LogP contribution in [0.15, 0.2) is 72.8 Å². The highest BCUT2D eigenvalue weighted by Gasteiger charge is 2.26. The summed E-state index contributed by atoms with van der Waals surface area (Å²) in [7, 11) is 0. The molecular formula is C33H35ClN4O3. The van der Waals surface area contributed by atoms with Gasteiger partial charge in [0.1, 0.15) is 5.75 Å². The van der Waals surface area contributed by atoms with Gasteiger partial charge in [-0.3, -0.25) is 4.79 Å². The van der Waals surface area contributed by atoms with E-state index in [1.165, 1.54) is 10.7 Å². The molecule has 0 atom stereocenters. The lowest BCUT2D eigenvalue weighted by Crippen LogP contribution is -2.30. The smallest absolute Gasteiger partial charge is 0.342 e. The predicted molar refractivity (Wildman–Crippen MR) is 163 cm³/mol. The molecule has 1 fully saturated rings. The number of anilines is 1. The highest BCUT2D eigenvalue weighted by atomic mass is 35.5. The van der Waals surface area contributed by atoms with Crippen molar-refractivity contribution in [1.29, 1.82) is 0 Å². The van der Waals surface area contributed by atoms with E-state index in [-0.39, 0.29) is 35.6 Å². The molecule has 41 heavy (non-hydrogen) atoms. The minimum absolute atomic E-state index is 0.00245. The van der Waals surface area contributed by atoms with Gasteiger partial charge in [0, 0.05) is 40.4 Å². The highest BCUT2D eigenvalue weighted by molar-refractivity contribution is 6.31. The third-order valence-electron chi connectivity index (χ3n) is 7.64. The molecule has 0 spiro atoms. The molecular weight excluding hydrogens is 536 g/mol. The van der Waals surface area contributed by atoms with Gasteiger partial charge < -0.3 is 15.7 Å². The lowest BCUT2D eigenvalue weighted by Gasteiger charge is -2.19. The topological polar surface area (TPSA) is 96.3 Å². The van der Waals surface area contributed by atoms with Gasteiger partial charge in [-0.25, -0.2) is 4.79 Å². The summed E-state index contributed by atoms with van der Waals surface area (Å²) in [4.78, 5) is 26.1. The van der Waals surface area contributed by atoms with E-state index in [0.29, 0.717) is 27.5 Å². The molecule has 0 aliphatic heterocycles. The Kier molecular flexibility index (Phi) is 8.18. The Morgan fingerprint density at radius 2 is 1.71 bits per heavy atom. The molecule has 1 aliphatic carbocycles. The molecule has 212 valence electrons. The van der Waals surface area contributed by atoms with Crippen molar-refractivity contribution in [1.82, 2.24) is 15.1 Å².